The molecule has 0 aromatic carbocycles. The van der Waals surface area contributed by atoms with E-state index in [9.17, 15) is 14.3 Å². The van der Waals surface area contributed by atoms with Crippen molar-refractivity contribution in [1.82, 2.24) is 0 Å². The van der Waals surface area contributed by atoms with Crippen LogP contribution in [0, 0.1) is 0 Å². The van der Waals surface area contributed by atoms with Crippen LogP contribution in [0.25, 0.3) is 0 Å². The SMILES string of the molecule is CC/C=C\C/C=C\C/C=C\C/C=C\C/C=C\C/C=C\CCCCCCCOCC(COP(=O)(O)OCC[N+](C)(C)C)OC(=O)CCCCCCCCCCCCCCCCCCCCC. The number of esters is 1. The molecule has 0 heterocycles. The molecule has 9 heteroatoms. The predicted octanol–water partition coefficient (Wildman–Crippen LogP) is 16.6. The van der Waals surface area contributed by atoms with Crippen molar-refractivity contribution < 1.29 is 37.3 Å². The number of phosphoric acid groups is 1. The smallest absolute Gasteiger partial charge is 0.457 e. The summed E-state index contributed by atoms with van der Waals surface area (Å²) in [5, 5.41) is 0. The van der Waals surface area contributed by atoms with E-state index in [1.54, 1.807) is 0 Å². The van der Waals surface area contributed by atoms with Gasteiger partial charge in [-0.05, 0) is 64.2 Å². The molecule has 0 aromatic heterocycles. The highest BCUT2D eigenvalue weighted by Crippen LogP contribution is 2.43. The van der Waals surface area contributed by atoms with Crippen LogP contribution in [0.4, 0.5) is 0 Å². The molecule has 1 N–H and O–H groups in total. The molecule has 0 saturated carbocycles. The molecule has 0 saturated heterocycles. The Morgan fingerprint density at radius 3 is 1.34 bits per heavy atom. The number of hydrogen-bond acceptors (Lipinski definition) is 6. The van der Waals surface area contributed by atoms with Crippen LogP contribution in [0.5, 0.6) is 0 Å². The largest absolute Gasteiger partial charge is 0.472 e. The maximum Gasteiger partial charge on any atom is 0.472 e. The van der Waals surface area contributed by atoms with Crippen molar-refractivity contribution in [3.63, 3.8) is 0 Å². The third-order valence-electron chi connectivity index (χ3n) is 11.3. The van der Waals surface area contributed by atoms with Gasteiger partial charge < -0.3 is 18.9 Å². The third kappa shape index (κ3) is 52.8. The monoisotopic (exact) mass is 933 g/mol. The number of likely N-dealkylation sites (N-methyl/N-ethyl adjacent to an activating group) is 1. The summed E-state index contributed by atoms with van der Waals surface area (Å²) in [7, 11) is 1.65. The van der Waals surface area contributed by atoms with E-state index in [-0.39, 0.29) is 25.8 Å². The minimum Gasteiger partial charge on any atom is -0.457 e. The molecule has 0 bridgehead atoms. The standard InChI is InChI=1S/C56H102NO7P/c1-6-8-10-12-14-16-18-20-22-24-26-27-28-29-30-32-34-36-38-40-42-44-46-48-51-61-53-55(54-63-65(59,60)62-52-50-57(3,4)5)64-56(58)49-47-45-43-41-39-37-35-33-31-25-23-21-19-17-15-13-11-9-7-2/h8,10,14,16,20,22,26-27,29-30,34,36,55H,6-7,9,11-13,15,17-19,21,23-25,28,31-33,35,37-54H2,1-5H3/p+1/b10-8-,16-14-,22-20-,27-26-,30-29-,36-34-. The molecule has 65 heavy (non-hydrogen) atoms. The molecule has 0 aliphatic carbocycles. The number of carbonyl (C=O) groups is 1. The molecule has 2 unspecified atom stereocenters. The first kappa shape index (κ1) is 62.9. The van der Waals surface area contributed by atoms with Crippen LogP contribution in [-0.2, 0) is 27.9 Å². The van der Waals surface area contributed by atoms with E-state index in [0.29, 0.717) is 24.1 Å². The fraction of sp³-hybridized carbons (Fsp3) is 0.768. The Morgan fingerprint density at radius 2 is 0.892 bits per heavy atom. The van der Waals surface area contributed by atoms with Gasteiger partial charge in [0.2, 0.25) is 0 Å². The Labute approximate surface area is 402 Å². The zero-order valence-corrected chi connectivity index (χ0v) is 43.9. The molecule has 0 aliphatic heterocycles. The minimum atomic E-state index is -4.29. The second-order valence-electron chi connectivity index (χ2n) is 18.9. The van der Waals surface area contributed by atoms with Gasteiger partial charge in [0.05, 0.1) is 34.4 Å². The van der Waals surface area contributed by atoms with Crippen LogP contribution in [0.3, 0.4) is 0 Å². The summed E-state index contributed by atoms with van der Waals surface area (Å²) < 4.78 is 35.2. The minimum absolute atomic E-state index is 0.0824. The predicted molar refractivity (Wildman–Crippen MR) is 279 cm³/mol. The molecule has 378 valence electrons. The quantitative estimate of drug-likeness (QED) is 0.0214. The zero-order valence-electron chi connectivity index (χ0n) is 43.0. The normalized spacial score (nSPS) is 14.1. The highest BCUT2D eigenvalue weighted by molar-refractivity contribution is 7.47. The average Bonchev–Trinajstić information content (AvgIpc) is 3.27. The molecule has 0 aromatic rings. The number of carbonyl (C=O) groups excluding carboxylic acids is 1. The van der Waals surface area contributed by atoms with E-state index in [0.717, 1.165) is 83.5 Å². The molecule has 8 nitrogen and oxygen atoms in total. The van der Waals surface area contributed by atoms with Crippen molar-refractivity contribution in [2.45, 2.75) is 225 Å². The van der Waals surface area contributed by atoms with Gasteiger partial charge in [0.25, 0.3) is 0 Å². The topological polar surface area (TPSA) is 91.3 Å². The Bertz CT molecular complexity index is 1270. The van der Waals surface area contributed by atoms with E-state index in [2.05, 4.69) is 86.8 Å². The lowest BCUT2D eigenvalue weighted by molar-refractivity contribution is -0.870. The summed E-state index contributed by atoms with van der Waals surface area (Å²) in [5.74, 6) is -0.320. The van der Waals surface area contributed by atoms with Gasteiger partial charge in [-0.3, -0.25) is 13.8 Å². The second-order valence-corrected chi connectivity index (χ2v) is 20.3. The number of ether oxygens (including phenoxy) is 2. The van der Waals surface area contributed by atoms with Gasteiger partial charge in [-0.25, -0.2) is 4.57 Å². The number of hydrogen-bond donors (Lipinski definition) is 1. The van der Waals surface area contributed by atoms with Gasteiger partial charge in [0, 0.05) is 13.0 Å². The molecule has 0 spiro atoms. The molecule has 2 atom stereocenters. The van der Waals surface area contributed by atoms with Gasteiger partial charge in [-0.15, -0.1) is 0 Å². The highest BCUT2D eigenvalue weighted by Gasteiger charge is 2.26. The van der Waals surface area contributed by atoms with E-state index in [4.69, 9.17) is 18.5 Å². The number of unbranched alkanes of at least 4 members (excludes halogenated alkanes) is 23. The first-order valence-corrected chi connectivity index (χ1v) is 28.2. The van der Waals surface area contributed by atoms with Crippen molar-refractivity contribution in [2.75, 3.05) is 54.1 Å². The van der Waals surface area contributed by atoms with Gasteiger partial charge >= 0.3 is 13.8 Å². The summed E-state index contributed by atoms with van der Waals surface area (Å²) in [6.07, 6.45) is 63.8. The lowest BCUT2D eigenvalue weighted by atomic mass is 10.0. The summed E-state index contributed by atoms with van der Waals surface area (Å²) in [4.78, 5) is 23.0. The first-order valence-electron chi connectivity index (χ1n) is 26.7. The van der Waals surface area contributed by atoms with Crippen molar-refractivity contribution in [1.29, 1.82) is 0 Å². The van der Waals surface area contributed by atoms with Crippen molar-refractivity contribution in [3.05, 3.63) is 72.9 Å². The van der Waals surface area contributed by atoms with Gasteiger partial charge in [0.1, 0.15) is 19.3 Å². The Morgan fingerprint density at radius 1 is 0.492 bits per heavy atom. The van der Waals surface area contributed by atoms with Gasteiger partial charge in [-0.2, -0.15) is 0 Å². The lowest BCUT2D eigenvalue weighted by Gasteiger charge is -2.24. The van der Waals surface area contributed by atoms with E-state index in [1.165, 1.54) is 116 Å². The van der Waals surface area contributed by atoms with Crippen LogP contribution in [-0.4, -0.2) is 75.6 Å². The van der Waals surface area contributed by atoms with Gasteiger partial charge in [-0.1, -0.05) is 222 Å². The Balaban J connectivity index is 4.18. The van der Waals surface area contributed by atoms with Gasteiger partial charge in [0.15, 0.2) is 0 Å². The number of quaternary nitrogens is 1. The zero-order chi connectivity index (χ0) is 47.6. The summed E-state index contributed by atoms with van der Waals surface area (Å²) >= 11 is 0. The molecule has 0 radical (unpaired) electrons. The highest BCUT2D eigenvalue weighted by atomic mass is 31.2. The van der Waals surface area contributed by atoms with E-state index < -0.39 is 13.9 Å². The van der Waals surface area contributed by atoms with Crippen molar-refractivity contribution in [2.24, 2.45) is 0 Å². The number of rotatable bonds is 49. The van der Waals surface area contributed by atoms with Crippen LogP contribution in [0.1, 0.15) is 219 Å². The molecule has 0 aliphatic rings. The first-order chi connectivity index (χ1) is 31.6. The second kappa shape index (κ2) is 48.4. The Kier molecular flexibility index (Phi) is 46.9. The van der Waals surface area contributed by atoms with E-state index in [1.807, 2.05) is 21.1 Å². The lowest BCUT2D eigenvalue weighted by Crippen LogP contribution is -2.37. The summed E-state index contributed by atoms with van der Waals surface area (Å²) in [6.45, 7) is 5.48. The fourth-order valence-corrected chi connectivity index (χ4v) is 7.95. The third-order valence-corrected chi connectivity index (χ3v) is 12.3. The molecular formula is C56H103NO7P+. The van der Waals surface area contributed by atoms with Crippen molar-refractivity contribution >= 4 is 13.8 Å². The number of phosphoric ester groups is 1. The molecule has 0 fully saturated rings. The van der Waals surface area contributed by atoms with E-state index >= 15 is 0 Å². The molecular weight excluding hydrogens is 830 g/mol. The summed E-state index contributed by atoms with van der Waals surface area (Å²) in [6, 6.07) is 0. The maximum atomic E-state index is 12.8. The van der Waals surface area contributed by atoms with Crippen LogP contribution in [0.15, 0.2) is 72.9 Å². The Hall–Kier alpha value is -2.06. The van der Waals surface area contributed by atoms with Crippen LogP contribution in [0.2, 0.25) is 0 Å². The maximum absolute atomic E-state index is 12.8. The number of nitrogens with zero attached hydrogens (tertiary/aromatic N) is 1. The molecule has 0 amide bonds. The van der Waals surface area contributed by atoms with Crippen LogP contribution < -0.4 is 0 Å². The number of allylic oxidation sites excluding steroid dienone is 12. The van der Waals surface area contributed by atoms with Crippen molar-refractivity contribution in [3.8, 4) is 0 Å². The summed E-state index contributed by atoms with van der Waals surface area (Å²) in [5.41, 5.74) is 0. The van der Waals surface area contributed by atoms with Crippen LogP contribution >= 0.6 is 7.82 Å². The average molecular weight is 933 g/mol. The molecule has 0 rings (SSSR count). The fourth-order valence-electron chi connectivity index (χ4n) is 7.20.